The molecule has 6 aromatic rings. The van der Waals surface area contributed by atoms with Crippen molar-refractivity contribution in [1.29, 1.82) is 0 Å². The van der Waals surface area contributed by atoms with Crippen molar-refractivity contribution < 1.29 is 0 Å². The van der Waals surface area contributed by atoms with Gasteiger partial charge in [0.2, 0.25) is 0 Å². The molecule has 5 heteroatoms. The zero-order valence-corrected chi connectivity index (χ0v) is 48.0. The molecule has 0 radical (unpaired) electrons. The van der Waals surface area contributed by atoms with Crippen molar-refractivity contribution in [2.24, 2.45) is 0 Å². The van der Waals surface area contributed by atoms with Crippen LogP contribution in [0.25, 0.3) is 11.1 Å². The fourth-order valence-electron chi connectivity index (χ4n) is 15.3. The van der Waals surface area contributed by atoms with E-state index in [0.29, 0.717) is 0 Å². The quantitative estimate of drug-likeness (QED) is 0.163. The summed E-state index contributed by atoms with van der Waals surface area (Å²) in [5, 5.41) is 1.57. The van der Waals surface area contributed by atoms with Crippen molar-refractivity contribution in [1.82, 2.24) is 0 Å². The lowest BCUT2D eigenvalue weighted by atomic mass is 9.33. The Morgan fingerprint density at radius 3 is 1.68 bits per heavy atom. The van der Waals surface area contributed by atoms with Crippen molar-refractivity contribution >= 4 is 76.2 Å². The molecule has 4 atom stereocenters. The van der Waals surface area contributed by atoms with Gasteiger partial charge in [-0.05, 0) is 142 Å². The second-order valence-corrected chi connectivity index (χ2v) is 33.6. The van der Waals surface area contributed by atoms with E-state index in [0.717, 1.165) is 0 Å². The molecule has 72 heavy (non-hydrogen) atoms. The average molecular weight is 968 g/mol. The van der Waals surface area contributed by atoms with Crippen LogP contribution in [0.15, 0.2) is 109 Å². The number of hydrogen-bond acceptors (Lipinski definition) is 3. The zero-order valence-electron chi connectivity index (χ0n) is 47.0. The third kappa shape index (κ3) is 6.53. The maximum atomic E-state index is 2.98. The lowest BCUT2D eigenvalue weighted by Gasteiger charge is -2.54. The van der Waals surface area contributed by atoms with Gasteiger partial charge in [0.1, 0.15) is 0 Å². The Morgan fingerprint density at radius 1 is 0.472 bits per heavy atom. The molecule has 372 valence electrons. The predicted molar refractivity (Wildman–Crippen MR) is 316 cm³/mol. The predicted octanol–water partition coefficient (Wildman–Crippen LogP) is 15.9. The molecule has 0 saturated heterocycles. The minimum atomic E-state index is -1.60. The highest BCUT2D eigenvalue weighted by molar-refractivity contribution is 7.00. The molecule has 3 nitrogen and oxygen atoms in total. The molecule has 0 aromatic heterocycles. The first-order valence-corrected chi connectivity index (χ1v) is 31.5. The van der Waals surface area contributed by atoms with E-state index in [4.69, 9.17) is 0 Å². The largest absolute Gasteiger partial charge is 0.335 e. The van der Waals surface area contributed by atoms with Gasteiger partial charge in [0.15, 0.2) is 0 Å². The van der Waals surface area contributed by atoms with Crippen LogP contribution in [0.4, 0.5) is 39.8 Å². The van der Waals surface area contributed by atoms with Gasteiger partial charge >= 0.3 is 0 Å². The Labute approximate surface area is 435 Å². The average Bonchev–Trinajstić information content (AvgIpc) is 3.66. The molecule has 4 unspecified atom stereocenters. The summed E-state index contributed by atoms with van der Waals surface area (Å²) in [5.41, 5.74) is 23.6. The standard InChI is InChI=1S/C67H82BN3Si/c1-61(2,3)44-27-30-54(49(36-44)43-24-18-17-19-25-43)69-56-39-45(62(4,5)6)26-29-52(56)68-53-38-46(63(7,8)9)37-51-60(53)71(67(13)35-23-21-33-65(51,67)11)58-41-47(40-57(69)59(58)68)70-55-31-28-48(72(14,15)16)42-50(55)64(10)32-20-22-34-66(64,70)12/h17-19,24-31,36-42H,20-23,32-35H2,1-16H3. The van der Waals surface area contributed by atoms with E-state index in [1.807, 2.05) is 0 Å². The summed E-state index contributed by atoms with van der Waals surface area (Å²) in [6.07, 6.45) is 9.83. The SMILES string of the molecule is CC(C)(C)c1ccc(N2c3cc(C(C)(C)C)ccc3B3c4cc(C(C)(C)C)cc5c4N(c4cc(N6c7ccc([Si](C)(C)C)cc7C7(C)CCCCC67C)cc2c43)C2(C)CCCCC52C)c(-c2ccccc2)c1. The molecule has 0 bridgehead atoms. The third-order valence-electron chi connectivity index (χ3n) is 20.2. The van der Waals surface area contributed by atoms with Crippen molar-refractivity contribution in [3.8, 4) is 11.1 Å². The number of nitrogens with zero attached hydrogens (tertiary/aromatic N) is 3. The molecule has 2 fully saturated rings. The number of benzene rings is 6. The minimum Gasteiger partial charge on any atom is -0.335 e. The molecule has 6 aliphatic rings. The molecule has 0 amide bonds. The van der Waals surface area contributed by atoms with Gasteiger partial charge in [-0.3, -0.25) is 0 Å². The first-order chi connectivity index (χ1) is 33.7. The highest BCUT2D eigenvalue weighted by Gasteiger charge is 2.63. The lowest BCUT2D eigenvalue weighted by Crippen LogP contribution is -2.64. The third-order valence-corrected chi connectivity index (χ3v) is 22.2. The van der Waals surface area contributed by atoms with E-state index < -0.39 is 8.07 Å². The van der Waals surface area contributed by atoms with Crippen LogP contribution < -0.4 is 36.3 Å². The molecule has 4 aliphatic heterocycles. The van der Waals surface area contributed by atoms with E-state index in [-0.39, 0.29) is 44.9 Å². The van der Waals surface area contributed by atoms with E-state index in [2.05, 4.69) is 234 Å². The topological polar surface area (TPSA) is 9.72 Å². The fourth-order valence-corrected chi connectivity index (χ4v) is 16.4. The van der Waals surface area contributed by atoms with E-state index in [1.165, 1.54) is 135 Å². The normalized spacial score (nSPS) is 25.2. The van der Waals surface area contributed by atoms with Crippen LogP contribution in [0.1, 0.15) is 169 Å². The van der Waals surface area contributed by atoms with Crippen LogP contribution in [0.5, 0.6) is 0 Å². The van der Waals surface area contributed by atoms with Crippen LogP contribution in [0.2, 0.25) is 19.6 Å². The molecule has 2 aliphatic carbocycles. The van der Waals surface area contributed by atoms with Crippen LogP contribution in [0, 0.1) is 0 Å². The summed E-state index contributed by atoms with van der Waals surface area (Å²) < 4.78 is 0. The lowest BCUT2D eigenvalue weighted by molar-refractivity contribution is 0.194. The first kappa shape index (κ1) is 48.0. The Morgan fingerprint density at radius 2 is 1.04 bits per heavy atom. The van der Waals surface area contributed by atoms with E-state index in [9.17, 15) is 0 Å². The van der Waals surface area contributed by atoms with Gasteiger partial charge in [0.25, 0.3) is 6.71 Å². The van der Waals surface area contributed by atoms with Gasteiger partial charge < -0.3 is 14.7 Å². The highest BCUT2D eigenvalue weighted by Crippen LogP contribution is 2.65. The summed E-state index contributed by atoms with van der Waals surface area (Å²) >= 11 is 0. The van der Waals surface area contributed by atoms with E-state index >= 15 is 0 Å². The van der Waals surface area contributed by atoms with Crippen LogP contribution >= 0.6 is 0 Å². The van der Waals surface area contributed by atoms with Gasteiger partial charge in [-0.25, -0.2) is 0 Å². The van der Waals surface area contributed by atoms with Gasteiger partial charge in [-0.2, -0.15) is 0 Å². The molecule has 0 N–H and O–H groups in total. The van der Waals surface area contributed by atoms with Gasteiger partial charge in [0, 0.05) is 50.5 Å². The Balaban J connectivity index is 1.25. The van der Waals surface area contributed by atoms with Gasteiger partial charge in [-0.15, -0.1) is 0 Å². The smallest absolute Gasteiger partial charge is 0.252 e. The molecule has 6 aromatic carbocycles. The van der Waals surface area contributed by atoms with Crippen LogP contribution in [-0.4, -0.2) is 25.9 Å². The summed E-state index contributed by atoms with van der Waals surface area (Å²) in [6, 6.07) is 44.9. The number of anilines is 7. The monoisotopic (exact) mass is 968 g/mol. The number of fused-ring (bicyclic) bond motifs is 10. The Bertz CT molecular complexity index is 3230. The second kappa shape index (κ2) is 15.3. The number of hydrogen-bond donors (Lipinski definition) is 0. The summed E-state index contributed by atoms with van der Waals surface area (Å²) in [4.78, 5) is 8.64. The first-order valence-electron chi connectivity index (χ1n) is 28.0. The highest BCUT2D eigenvalue weighted by atomic mass is 28.3. The molecule has 12 rings (SSSR count). The maximum absolute atomic E-state index is 2.98. The van der Waals surface area contributed by atoms with Gasteiger partial charge in [-0.1, -0.05) is 199 Å². The van der Waals surface area contributed by atoms with Crippen molar-refractivity contribution in [2.75, 3.05) is 14.7 Å². The second-order valence-electron chi connectivity index (χ2n) is 28.5. The van der Waals surface area contributed by atoms with E-state index in [1.54, 1.807) is 16.3 Å². The summed E-state index contributed by atoms with van der Waals surface area (Å²) in [7, 11) is -1.60. The minimum absolute atomic E-state index is 0.00371. The van der Waals surface area contributed by atoms with Crippen molar-refractivity contribution in [3.63, 3.8) is 0 Å². The Kier molecular flexibility index (Phi) is 10.2. The Hall–Kier alpha value is -5.00. The van der Waals surface area contributed by atoms with Crippen molar-refractivity contribution in [3.05, 3.63) is 137 Å². The number of rotatable bonds is 4. The van der Waals surface area contributed by atoms with Crippen molar-refractivity contribution in [2.45, 2.75) is 199 Å². The van der Waals surface area contributed by atoms with Crippen LogP contribution in [0.3, 0.4) is 0 Å². The molecule has 2 saturated carbocycles. The molecule has 4 heterocycles. The van der Waals surface area contributed by atoms with Crippen LogP contribution in [-0.2, 0) is 27.1 Å². The molecular formula is C67H82BN3Si. The van der Waals surface area contributed by atoms with Gasteiger partial charge in [0.05, 0.1) is 24.8 Å². The molecular weight excluding hydrogens is 886 g/mol. The summed E-state index contributed by atoms with van der Waals surface area (Å²) in [6.45, 7) is 39.8. The zero-order chi connectivity index (χ0) is 51.1. The molecule has 0 spiro atoms. The maximum Gasteiger partial charge on any atom is 0.252 e. The fraction of sp³-hybridized carbons (Fsp3) is 0.463. The summed E-state index contributed by atoms with van der Waals surface area (Å²) in [5.74, 6) is 0.